The first-order chi connectivity index (χ1) is 12.1. The zero-order valence-corrected chi connectivity index (χ0v) is 15.8. The summed E-state index contributed by atoms with van der Waals surface area (Å²) in [6.07, 6.45) is 1.77. The summed E-state index contributed by atoms with van der Waals surface area (Å²) in [4.78, 5) is 18.5. The summed E-state index contributed by atoms with van der Waals surface area (Å²) in [5.41, 5.74) is 2.11. The van der Waals surface area contributed by atoms with Gasteiger partial charge in [0.25, 0.3) is 0 Å². The van der Waals surface area contributed by atoms with E-state index in [0.29, 0.717) is 12.3 Å². The maximum absolute atomic E-state index is 12.1. The van der Waals surface area contributed by atoms with Crippen LogP contribution >= 0.6 is 11.8 Å². The first-order valence-corrected chi connectivity index (χ1v) is 9.30. The number of carbonyl (C=O) groups is 1. The number of hydrogen-bond acceptors (Lipinski definition) is 5. The number of benzene rings is 1. The van der Waals surface area contributed by atoms with Gasteiger partial charge in [0, 0.05) is 18.5 Å². The van der Waals surface area contributed by atoms with Gasteiger partial charge in [0.05, 0.1) is 24.6 Å². The van der Waals surface area contributed by atoms with Gasteiger partial charge >= 0.3 is 0 Å². The van der Waals surface area contributed by atoms with Crippen molar-refractivity contribution < 1.29 is 9.53 Å². The Bertz CT molecular complexity index is 665. The van der Waals surface area contributed by atoms with Crippen LogP contribution in [0.4, 0.5) is 0 Å². The number of carbonyl (C=O) groups excluding carboxylic acids is 1. The molecular formula is C19H25N3O2S. The molecule has 6 heteroatoms. The Hall–Kier alpha value is -2.05. The van der Waals surface area contributed by atoms with Gasteiger partial charge in [-0.15, -0.1) is 11.8 Å². The minimum absolute atomic E-state index is 0.0377. The molecule has 1 aromatic carbocycles. The van der Waals surface area contributed by atoms with Crippen molar-refractivity contribution in [1.29, 1.82) is 0 Å². The van der Waals surface area contributed by atoms with E-state index in [9.17, 15) is 4.79 Å². The van der Waals surface area contributed by atoms with Crippen molar-refractivity contribution in [2.24, 2.45) is 0 Å². The maximum Gasteiger partial charge on any atom is 0.230 e. The first-order valence-electron chi connectivity index (χ1n) is 8.15. The van der Waals surface area contributed by atoms with Gasteiger partial charge in [-0.2, -0.15) is 0 Å². The molecule has 1 heterocycles. The summed E-state index contributed by atoms with van der Waals surface area (Å²) in [5.74, 6) is 2.02. The smallest absolute Gasteiger partial charge is 0.230 e. The lowest BCUT2D eigenvalue weighted by Gasteiger charge is -2.25. The van der Waals surface area contributed by atoms with Crippen LogP contribution in [-0.4, -0.2) is 49.3 Å². The summed E-state index contributed by atoms with van der Waals surface area (Å²) in [6, 6.07) is 13.9. The highest BCUT2D eigenvalue weighted by molar-refractivity contribution is 7.99. The van der Waals surface area contributed by atoms with E-state index in [2.05, 4.69) is 21.3 Å². The minimum Gasteiger partial charge on any atom is -0.497 e. The zero-order chi connectivity index (χ0) is 18.1. The summed E-state index contributed by atoms with van der Waals surface area (Å²) < 4.78 is 5.29. The lowest BCUT2D eigenvalue weighted by Crippen LogP contribution is -2.35. The van der Waals surface area contributed by atoms with E-state index in [1.54, 1.807) is 25.1 Å². The number of methoxy groups -OCH3 is 1. The molecule has 0 aliphatic rings. The van der Waals surface area contributed by atoms with Crippen molar-refractivity contribution in [3.8, 4) is 5.75 Å². The van der Waals surface area contributed by atoms with Crippen molar-refractivity contribution in [1.82, 2.24) is 15.2 Å². The molecule has 1 unspecified atom stereocenters. The Morgan fingerprint density at radius 2 is 2.12 bits per heavy atom. The average molecular weight is 359 g/mol. The Labute approximate surface area is 153 Å². The number of aromatic nitrogens is 1. The Kier molecular flexibility index (Phi) is 7.76. The van der Waals surface area contributed by atoms with E-state index in [-0.39, 0.29) is 11.9 Å². The fourth-order valence-electron chi connectivity index (χ4n) is 2.44. The van der Waals surface area contributed by atoms with Crippen LogP contribution in [-0.2, 0) is 10.5 Å². The fraction of sp³-hybridized carbons (Fsp3) is 0.368. The minimum atomic E-state index is 0.0377. The number of thioether (sulfide) groups is 1. The topological polar surface area (TPSA) is 54.5 Å². The predicted octanol–water partition coefficient (Wildman–Crippen LogP) is 2.74. The standard InChI is InChI=1S/C19H25N3O2S/c1-22(2)18(15-7-6-9-17(11-15)24-3)12-21-19(23)14-25-13-16-8-4-5-10-20-16/h4-11,18H,12-14H2,1-3H3,(H,21,23). The number of rotatable bonds is 9. The number of amides is 1. The monoisotopic (exact) mass is 359 g/mol. The van der Waals surface area contributed by atoms with Crippen molar-refractivity contribution in [3.05, 3.63) is 59.9 Å². The molecule has 0 saturated carbocycles. The molecule has 1 atom stereocenters. The van der Waals surface area contributed by atoms with Crippen LogP contribution in [0, 0.1) is 0 Å². The van der Waals surface area contributed by atoms with E-state index in [1.807, 2.05) is 50.5 Å². The zero-order valence-electron chi connectivity index (χ0n) is 14.9. The average Bonchev–Trinajstić information content (AvgIpc) is 2.62. The molecule has 0 aliphatic heterocycles. The summed E-state index contributed by atoms with van der Waals surface area (Å²) in [7, 11) is 5.67. The third-order valence-corrected chi connectivity index (χ3v) is 4.77. The number of nitrogens with zero attached hydrogens (tertiary/aromatic N) is 2. The third-order valence-electron chi connectivity index (χ3n) is 3.80. The van der Waals surface area contributed by atoms with Gasteiger partial charge in [-0.1, -0.05) is 18.2 Å². The molecule has 5 nitrogen and oxygen atoms in total. The Morgan fingerprint density at radius 1 is 1.28 bits per heavy atom. The van der Waals surface area contributed by atoms with Crippen molar-refractivity contribution in [2.75, 3.05) is 33.5 Å². The highest BCUT2D eigenvalue weighted by Gasteiger charge is 2.16. The molecule has 0 bridgehead atoms. The van der Waals surface area contributed by atoms with Crippen LogP contribution in [0.5, 0.6) is 5.75 Å². The third kappa shape index (κ3) is 6.40. The first kappa shape index (κ1) is 19.3. The van der Waals surface area contributed by atoms with Crippen molar-refractivity contribution >= 4 is 17.7 Å². The van der Waals surface area contributed by atoms with E-state index >= 15 is 0 Å². The van der Waals surface area contributed by atoms with Gasteiger partial charge < -0.3 is 15.0 Å². The second-order valence-electron chi connectivity index (χ2n) is 5.87. The number of ether oxygens (including phenoxy) is 1. The molecular weight excluding hydrogens is 334 g/mol. The number of pyridine rings is 1. The van der Waals surface area contributed by atoms with Gasteiger partial charge in [-0.05, 0) is 43.9 Å². The van der Waals surface area contributed by atoms with Crippen LogP contribution in [0.1, 0.15) is 17.3 Å². The highest BCUT2D eigenvalue weighted by atomic mass is 32.2. The van der Waals surface area contributed by atoms with Crippen molar-refractivity contribution in [2.45, 2.75) is 11.8 Å². The van der Waals surface area contributed by atoms with E-state index < -0.39 is 0 Å². The molecule has 0 radical (unpaired) electrons. The molecule has 0 aliphatic carbocycles. The second kappa shape index (κ2) is 10.1. The normalized spacial score (nSPS) is 12.0. The van der Waals surface area contributed by atoms with Gasteiger partial charge in [0.15, 0.2) is 0 Å². The SMILES string of the molecule is COc1cccc(C(CNC(=O)CSCc2ccccn2)N(C)C)c1. The van der Waals surface area contributed by atoms with Crippen LogP contribution < -0.4 is 10.1 Å². The number of hydrogen-bond donors (Lipinski definition) is 1. The molecule has 0 spiro atoms. The van der Waals surface area contributed by atoms with Gasteiger partial charge in [-0.25, -0.2) is 0 Å². The lowest BCUT2D eigenvalue weighted by molar-refractivity contribution is -0.118. The second-order valence-corrected chi connectivity index (χ2v) is 6.86. The molecule has 1 amide bonds. The molecule has 25 heavy (non-hydrogen) atoms. The number of likely N-dealkylation sites (N-methyl/N-ethyl adjacent to an activating group) is 1. The van der Waals surface area contributed by atoms with E-state index in [1.165, 1.54) is 0 Å². The quantitative estimate of drug-likeness (QED) is 0.746. The number of nitrogens with one attached hydrogen (secondary N) is 1. The summed E-state index contributed by atoms with van der Waals surface area (Å²) >= 11 is 1.57. The summed E-state index contributed by atoms with van der Waals surface area (Å²) in [6.45, 7) is 0.559. The van der Waals surface area contributed by atoms with Gasteiger partial charge in [-0.3, -0.25) is 9.78 Å². The van der Waals surface area contributed by atoms with E-state index in [4.69, 9.17) is 4.74 Å². The highest BCUT2D eigenvalue weighted by Crippen LogP contribution is 2.22. The van der Waals surface area contributed by atoms with Crippen molar-refractivity contribution in [3.63, 3.8) is 0 Å². The molecule has 2 aromatic rings. The Balaban J connectivity index is 1.82. The van der Waals surface area contributed by atoms with Crippen LogP contribution in [0.15, 0.2) is 48.7 Å². The largest absolute Gasteiger partial charge is 0.497 e. The van der Waals surface area contributed by atoms with Crippen LogP contribution in [0.25, 0.3) is 0 Å². The van der Waals surface area contributed by atoms with Crippen LogP contribution in [0.2, 0.25) is 0 Å². The van der Waals surface area contributed by atoms with Crippen LogP contribution in [0.3, 0.4) is 0 Å². The Morgan fingerprint density at radius 3 is 2.80 bits per heavy atom. The fourth-order valence-corrected chi connectivity index (χ4v) is 3.21. The molecule has 1 aromatic heterocycles. The van der Waals surface area contributed by atoms with Gasteiger partial charge in [0.2, 0.25) is 5.91 Å². The molecule has 2 rings (SSSR count). The van der Waals surface area contributed by atoms with E-state index in [0.717, 1.165) is 22.8 Å². The molecule has 0 fully saturated rings. The molecule has 0 saturated heterocycles. The molecule has 134 valence electrons. The summed E-state index contributed by atoms with van der Waals surface area (Å²) in [5, 5.41) is 3.02. The predicted molar refractivity (Wildman–Crippen MR) is 103 cm³/mol. The van der Waals surface area contributed by atoms with Gasteiger partial charge in [0.1, 0.15) is 5.75 Å². The molecule has 1 N–H and O–H groups in total. The maximum atomic E-state index is 12.1. The lowest BCUT2D eigenvalue weighted by atomic mass is 10.1.